The van der Waals surface area contributed by atoms with Gasteiger partial charge in [0.2, 0.25) is 5.78 Å². The Morgan fingerprint density at radius 3 is 2.56 bits per heavy atom. The fraction of sp³-hybridized carbons (Fsp3) is 0.222. The number of aliphatic hydroxyl groups excluding tert-OH is 1. The second-order valence-electron chi connectivity index (χ2n) is 5.82. The first-order chi connectivity index (χ1) is 12.0. The third-order valence-corrected chi connectivity index (χ3v) is 5.24. The zero-order chi connectivity index (χ0) is 18.0. The number of Topliss-reactive ketones (excluding diaryl/α,β-unsaturated/α-hetero) is 1. The second-order valence-corrected chi connectivity index (χ2v) is 6.64. The van der Waals surface area contributed by atoms with Crippen molar-refractivity contribution in [2.75, 3.05) is 18.2 Å². The van der Waals surface area contributed by atoms with Crippen LogP contribution in [-0.4, -0.2) is 36.5 Å². The molecule has 1 aliphatic heterocycles. The predicted octanol–water partition coefficient (Wildman–Crippen LogP) is 2.38. The zero-order valence-electron chi connectivity index (χ0n) is 13.2. The van der Waals surface area contributed by atoms with Gasteiger partial charge in [-0.25, -0.2) is 0 Å². The third-order valence-electron chi connectivity index (χ3n) is 4.50. The summed E-state index contributed by atoms with van der Waals surface area (Å²) in [6.45, 7) is -0.0866. The van der Waals surface area contributed by atoms with Gasteiger partial charge in [-0.2, -0.15) is 0 Å². The molecule has 2 unspecified atom stereocenters. The maximum atomic E-state index is 12.5. The van der Waals surface area contributed by atoms with Gasteiger partial charge in [-0.15, -0.1) is 0 Å². The number of nitrogens with zero attached hydrogens (tertiary/aromatic N) is 1. The van der Waals surface area contributed by atoms with Crippen LogP contribution in [0.15, 0.2) is 48.5 Å². The maximum absolute atomic E-state index is 12.5. The number of ketones is 1. The van der Waals surface area contributed by atoms with Crippen molar-refractivity contribution in [3.63, 3.8) is 0 Å². The molecular weight excluding hydrogens is 363 g/mol. The van der Waals surface area contributed by atoms with E-state index in [1.807, 2.05) is 30.3 Å². The van der Waals surface area contributed by atoms with Gasteiger partial charge in [-0.05, 0) is 23.8 Å². The number of nitrogens with one attached hydrogen (secondary N) is 1. The van der Waals surface area contributed by atoms with Crippen LogP contribution in [0.4, 0.5) is 5.69 Å². The Balaban J connectivity index is 2.11. The number of aliphatic hydroxyl groups is 1. The number of halogens is 2. The van der Waals surface area contributed by atoms with E-state index in [2.05, 4.69) is 5.32 Å². The molecule has 130 valence electrons. The van der Waals surface area contributed by atoms with E-state index in [0.29, 0.717) is 15.7 Å². The number of anilines is 1. The van der Waals surface area contributed by atoms with Crippen LogP contribution in [0.1, 0.15) is 5.56 Å². The Morgan fingerprint density at radius 1 is 1.24 bits per heavy atom. The van der Waals surface area contributed by atoms with E-state index in [-0.39, 0.29) is 19.6 Å². The van der Waals surface area contributed by atoms with E-state index in [1.165, 1.54) is 0 Å². The topological polar surface area (TPSA) is 69.6 Å². The van der Waals surface area contributed by atoms with Crippen LogP contribution in [0.25, 0.3) is 0 Å². The van der Waals surface area contributed by atoms with E-state index in [1.54, 1.807) is 23.1 Å². The first-order valence-electron chi connectivity index (χ1n) is 7.65. The van der Waals surface area contributed by atoms with Crippen molar-refractivity contribution >= 4 is 41.0 Å². The number of carbonyl (C=O) groups is 2. The predicted molar refractivity (Wildman–Crippen MR) is 97.0 cm³/mol. The Kier molecular flexibility index (Phi) is 5.11. The van der Waals surface area contributed by atoms with Crippen LogP contribution >= 0.6 is 23.2 Å². The number of hydrogen-bond donors (Lipinski definition) is 2. The van der Waals surface area contributed by atoms with Crippen molar-refractivity contribution in [2.45, 2.75) is 11.6 Å². The highest BCUT2D eigenvalue weighted by Crippen LogP contribution is 2.37. The van der Waals surface area contributed by atoms with Gasteiger partial charge in [0, 0.05) is 5.69 Å². The molecule has 2 aromatic rings. The van der Waals surface area contributed by atoms with Gasteiger partial charge < -0.3 is 10.0 Å². The molecular formula is C18H16Cl2N2O3. The summed E-state index contributed by atoms with van der Waals surface area (Å²) in [6, 6.07) is 13.2. The molecule has 0 saturated carbocycles. The third kappa shape index (κ3) is 3.04. The number of rotatable bonds is 5. The lowest BCUT2D eigenvalue weighted by Crippen LogP contribution is -2.54. The normalized spacial score (nSPS) is 22.8. The second kappa shape index (κ2) is 7.14. The summed E-state index contributed by atoms with van der Waals surface area (Å²) in [5.74, 6) is -0.631. The molecule has 0 radical (unpaired) electrons. The maximum Gasteiger partial charge on any atom is 0.219 e. The van der Waals surface area contributed by atoms with E-state index >= 15 is 0 Å². The average Bonchev–Trinajstić information content (AvgIpc) is 3.05. The average molecular weight is 379 g/mol. The molecule has 0 aromatic heterocycles. The van der Waals surface area contributed by atoms with Gasteiger partial charge in [-0.3, -0.25) is 14.9 Å². The molecule has 0 aliphatic carbocycles. The summed E-state index contributed by atoms with van der Waals surface area (Å²) < 4.78 is 0. The lowest BCUT2D eigenvalue weighted by atomic mass is 9.82. The fourth-order valence-corrected chi connectivity index (χ4v) is 3.57. The molecule has 3 rings (SSSR count). The minimum absolute atomic E-state index is 0.262. The van der Waals surface area contributed by atoms with Gasteiger partial charge >= 0.3 is 0 Å². The summed E-state index contributed by atoms with van der Waals surface area (Å²) >= 11 is 12.1. The monoisotopic (exact) mass is 378 g/mol. The number of benzene rings is 2. The highest BCUT2D eigenvalue weighted by Gasteiger charge is 2.51. The summed E-state index contributed by atoms with van der Waals surface area (Å²) in [4.78, 5) is 25.5. The van der Waals surface area contributed by atoms with E-state index in [0.717, 1.165) is 5.56 Å². The van der Waals surface area contributed by atoms with Crippen molar-refractivity contribution in [1.82, 2.24) is 5.32 Å². The summed E-state index contributed by atoms with van der Waals surface area (Å²) in [5.41, 5.74) is 0.263. The molecule has 1 saturated heterocycles. The quantitative estimate of drug-likeness (QED) is 0.617. The Bertz CT molecular complexity index is 800. The van der Waals surface area contributed by atoms with Crippen molar-refractivity contribution < 1.29 is 14.7 Å². The highest BCUT2D eigenvalue weighted by molar-refractivity contribution is 6.42. The van der Waals surface area contributed by atoms with Crippen molar-refractivity contribution in [1.29, 1.82) is 0 Å². The number of carbonyl (C=O) groups excluding carboxylic acids is 2. The minimum atomic E-state index is -1.09. The minimum Gasteiger partial charge on any atom is -0.394 e. The molecule has 7 heteroatoms. The molecule has 2 N–H and O–H groups in total. The summed E-state index contributed by atoms with van der Waals surface area (Å²) in [7, 11) is 0. The van der Waals surface area contributed by atoms with Gasteiger partial charge in [0.1, 0.15) is 6.04 Å². The zero-order valence-corrected chi connectivity index (χ0v) is 14.7. The molecule has 2 atom stereocenters. The standard InChI is InChI=1S/C18H16Cl2N2O3/c19-14-7-6-13(8-15(14)20)22-11-21-18(10-24,17(22)16(25)9-23)12-4-2-1-3-5-12/h1-9,17,21,24H,10-11H2. The van der Waals surface area contributed by atoms with Crippen LogP contribution in [0.3, 0.4) is 0 Å². The van der Waals surface area contributed by atoms with Crippen LogP contribution in [0.5, 0.6) is 0 Å². The van der Waals surface area contributed by atoms with Crippen molar-refractivity contribution in [3.8, 4) is 0 Å². The smallest absolute Gasteiger partial charge is 0.219 e. The molecule has 25 heavy (non-hydrogen) atoms. The first-order valence-corrected chi connectivity index (χ1v) is 8.41. The van der Waals surface area contributed by atoms with Crippen molar-refractivity contribution in [3.05, 3.63) is 64.1 Å². The molecule has 0 bridgehead atoms. The first kappa shape index (κ1) is 17.9. The van der Waals surface area contributed by atoms with Crippen LogP contribution < -0.4 is 10.2 Å². The van der Waals surface area contributed by atoms with Gasteiger partial charge in [-0.1, -0.05) is 53.5 Å². The largest absolute Gasteiger partial charge is 0.394 e. The number of hydrogen-bond acceptors (Lipinski definition) is 5. The molecule has 1 fully saturated rings. The molecule has 1 heterocycles. The van der Waals surface area contributed by atoms with E-state index in [4.69, 9.17) is 23.2 Å². The SMILES string of the molecule is O=CC(=O)C1N(c2ccc(Cl)c(Cl)c2)CNC1(CO)c1ccccc1. The van der Waals surface area contributed by atoms with Crippen LogP contribution in [-0.2, 0) is 15.1 Å². The summed E-state index contributed by atoms with van der Waals surface area (Å²) in [6.07, 6.45) is 0.287. The van der Waals surface area contributed by atoms with E-state index < -0.39 is 17.4 Å². The number of aldehydes is 1. The van der Waals surface area contributed by atoms with Gasteiger partial charge in [0.25, 0.3) is 0 Å². The van der Waals surface area contributed by atoms with Gasteiger partial charge in [0.05, 0.1) is 28.9 Å². The van der Waals surface area contributed by atoms with Crippen LogP contribution in [0, 0.1) is 0 Å². The van der Waals surface area contributed by atoms with Crippen molar-refractivity contribution in [2.24, 2.45) is 0 Å². The highest BCUT2D eigenvalue weighted by atomic mass is 35.5. The lowest BCUT2D eigenvalue weighted by molar-refractivity contribution is -0.131. The Hall–Kier alpha value is -1.92. The van der Waals surface area contributed by atoms with Gasteiger partial charge in [0.15, 0.2) is 6.29 Å². The molecule has 0 spiro atoms. The fourth-order valence-electron chi connectivity index (χ4n) is 3.27. The summed E-state index contributed by atoms with van der Waals surface area (Å²) in [5, 5.41) is 14.1. The molecule has 0 amide bonds. The lowest BCUT2D eigenvalue weighted by Gasteiger charge is -2.35. The molecule has 5 nitrogen and oxygen atoms in total. The molecule has 2 aromatic carbocycles. The molecule has 1 aliphatic rings. The Morgan fingerprint density at radius 2 is 1.96 bits per heavy atom. The van der Waals surface area contributed by atoms with E-state index in [9.17, 15) is 14.7 Å². The van der Waals surface area contributed by atoms with Crippen LogP contribution in [0.2, 0.25) is 10.0 Å². The Labute approximate surface area is 155 Å².